The lowest BCUT2D eigenvalue weighted by Gasteiger charge is -2.24. The van der Waals surface area contributed by atoms with Crippen LogP contribution in [0, 0.1) is 0 Å². The van der Waals surface area contributed by atoms with E-state index >= 15 is 0 Å². The fraction of sp³-hybridized carbons (Fsp3) is 0.861. The summed E-state index contributed by atoms with van der Waals surface area (Å²) in [5, 5.41) is 22.1. The van der Waals surface area contributed by atoms with Crippen molar-refractivity contribution >= 4 is 42.5 Å². The number of unbranched alkanes of at least 4 members (excludes halogenated alkanes) is 13. The second-order valence-corrected chi connectivity index (χ2v) is 17.2. The SMILES string of the molecule is CCCCCCCCCCCCSC(CCCCCCC)C(C)OCCCOP(=O)(O)OC[C@H]1O[C@@H](On2cnc3c(SC)ncnc32)[C@H](O)[C@@H]1O. The highest BCUT2D eigenvalue weighted by Crippen LogP contribution is 2.44. The molecule has 7 atom stereocenters. The number of nitrogens with zero attached hydrogens (tertiary/aromatic N) is 4. The summed E-state index contributed by atoms with van der Waals surface area (Å²) in [6.07, 6.45) is 20.5. The van der Waals surface area contributed by atoms with Crippen molar-refractivity contribution in [3.8, 4) is 0 Å². The molecule has 0 bridgehead atoms. The van der Waals surface area contributed by atoms with Gasteiger partial charge in [0.1, 0.15) is 41.5 Å². The Morgan fingerprint density at radius 1 is 0.865 bits per heavy atom. The molecule has 16 heteroatoms. The number of imidazole rings is 1. The van der Waals surface area contributed by atoms with Gasteiger partial charge in [-0.3, -0.25) is 9.05 Å². The molecule has 3 rings (SSSR count). The zero-order chi connectivity index (χ0) is 37.6. The molecule has 0 saturated carbocycles. The van der Waals surface area contributed by atoms with Crippen molar-refractivity contribution in [2.45, 2.75) is 171 Å². The summed E-state index contributed by atoms with van der Waals surface area (Å²) in [5.41, 5.74) is 0.870. The fourth-order valence-corrected chi connectivity index (χ4v) is 8.73. The molecule has 2 aromatic heterocycles. The Bertz CT molecular complexity index is 1280. The van der Waals surface area contributed by atoms with Gasteiger partial charge in [-0.25, -0.2) is 19.5 Å². The third-order valence-corrected chi connectivity index (χ3v) is 12.5. The zero-order valence-corrected chi connectivity index (χ0v) is 34.3. The lowest BCUT2D eigenvalue weighted by atomic mass is 10.1. The molecule has 1 aliphatic rings. The van der Waals surface area contributed by atoms with Crippen LogP contribution in [-0.2, 0) is 23.1 Å². The molecule has 2 aromatic rings. The van der Waals surface area contributed by atoms with Gasteiger partial charge in [-0.2, -0.15) is 11.8 Å². The van der Waals surface area contributed by atoms with Gasteiger partial charge in [0.2, 0.25) is 0 Å². The minimum atomic E-state index is -4.46. The molecule has 3 heterocycles. The van der Waals surface area contributed by atoms with Crippen LogP contribution in [0.1, 0.15) is 130 Å². The highest BCUT2D eigenvalue weighted by molar-refractivity contribution is 8.00. The molecule has 0 aliphatic carbocycles. The molecule has 52 heavy (non-hydrogen) atoms. The van der Waals surface area contributed by atoms with Gasteiger partial charge in [0.15, 0.2) is 5.65 Å². The lowest BCUT2D eigenvalue weighted by molar-refractivity contribution is -0.168. The number of thioether (sulfide) groups is 2. The van der Waals surface area contributed by atoms with Crippen LogP contribution in [0.2, 0.25) is 0 Å². The second-order valence-electron chi connectivity index (χ2n) is 13.6. The topological polar surface area (TPSA) is 168 Å². The van der Waals surface area contributed by atoms with E-state index in [4.69, 9.17) is 23.4 Å². The van der Waals surface area contributed by atoms with E-state index in [1.165, 1.54) is 125 Å². The first kappa shape index (κ1) is 45.4. The Morgan fingerprint density at radius 2 is 1.52 bits per heavy atom. The van der Waals surface area contributed by atoms with E-state index in [2.05, 4.69) is 35.7 Å². The zero-order valence-electron chi connectivity index (χ0n) is 31.8. The molecule has 1 fully saturated rings. The van der Waals surface area contributed by atoms with Crippen molar-refractivity contribution in [1.82, 2.24) is 19.7 Å². The Kier molecular flexibility index (Phi) is 22.7. The maximum Gasteiger partial charge on any atom is 0.472 e. The number of hydrogen-bond donors (Lipinski definition) is 3. The summed E-state index contributed by atoms with van der Waals surface area (Å²) in [6.45, 7) is 6.49. The van der Waals surface area contributed by atoms with Crippen LogP contribution in [-0.4, -0.2) is 103 Å². The number of phosphoric acid groups is 1. The van der Waals surface area contributed by atoms with Crippen molar-refractivity contribution < 1.29 is 43.0 Å². The standard InChI is InChI=1S/C36H65N4O9PS2/c1-5-7-9-11-12-13-14-15-17-19-24-52-30(21-18-16-10-8-6-2)28(3)45-22-20-23-46-50(43,44)47-25-29-32(41)33(42)36(48-29)49-40-27-39-31-34(40)37-26-38-35(31)51-4/h26-30,32-33,36,41-42H,5-25H2,1-4H3,(H,43,44)/t28?,29-,30?,32-,33-,36+/m1/s1. The monoisotopic (exact) mass is 792 g/mol. The van der Waals surface area contributed by atoms with Gasteiger partial charge in [0.05, 0.1) is 19.3 Å². The molecular formula is C36H65N4O9PS2. The third-order valence-electron chi connectivity index (χ3n) is 9.27. The Morgan fingerprint density at radius 3 is 2.19 bits per heavy atom. The summed E-state index contributed by atoms with van der Waals surface area (Å²) in [6, 6.07) is 0. The van der Waals surface area contributed by atoms with Gasteiger partial charge in [-0.15, -0.1) is 16.5 Å². The van der Waals surface area contributed by atoms with Crippen molar-refractivity contribution in [2.24, 2.45) is 0 Å². The number of fused-ring (bicyclic) bond motifs is 1. The van der Waals surface area contributed by atoms with Gasteiger partial charge in [0.25, 0.3) is 6.29 Å². The maximum absolute atomic E-state index is 12.6. The average Bonchev–Trinajstić information content (AvgIpc) is 3.67. The molecule has 0 aromatic carbocycles. The lowest BCUT2D eigenvalue weighted by Crippen LogP contribution is -2.38. The largest absolute Gasteiger partial charge is 0.472 e. The smallest absolute Gasteiger partial charge is 0.387 e. The number of hydrogen-bond acceptors (Lipinski definition) is 13. The number of aromatic nitrogens is 4. The fourth-order valence-electron chi connectivity index (χ4n) is 6.12. The van der Waals surface area contributed by atoms with Crippen LogP contribution >= 0.6 is 31.3 Å². The van der Waals surface area contributed by atoms with Gasteiger partial charge >= 0.3 is 7.82 Å². The van der Waals surface area contributed by atoms with Crippen molar-refractivity contribution in [3.63, 3.8) is 0 Å². The van der Waals surface area contributed by atoms with E-state index in [0.29, 0.717) is 34.5 Å². The van der Waals surface area contributed by atoms with Crippen molar-refractivity contribution in [2.75, 3.05) is 31.8 Å². The summed E-state index contributed by atoms with van der Waals surface area (Å²) >= 11 is 3.43. The second kappa shape index (κ2) is 26.0. The van der Waals surface area contributed by atoms with Crippen LogP contribution in [0.4, 0.5) is 0 Å². The number of aliphatic hydroxyl groups excluding tert-OH is 2. The van der Waals surface area contributed by atoms with Crippen molar-refractivity contribution in [1.29, 1.82) is 0 Å². The molecule has 1 aliphatic heterocycles. The van der Waals surface area contributed by atoms with Gasteiger partial charge in [0, 0.05) is 11.9 Å². The number of phosphoric ester groups is 1. The maximum atomic E-state index is 12.6. The molecule has 0 radical (unpaired) electrons. The van der Waals surface area contributed by atoms with Crippen molar-refractivity contribution in [3.05, 3.63) is 12.7 Å². The predicted molar refractivity (Wildman–Crippen MR) is 208 cm³/mol. The van der Waals surface area contributed by atoms with Crippen LogP contribution in [0.15, 0.2) is 17.7 Å². The highest BCUT2D eigenvalue weighted by atomic mass is 32.2. The minimum Gasteiger partial charge on any atom is -0.387 e. The molecule has 0 spiro atoms. The minimum absolute atomic E-state index is 0.0377. The van der Waals surface area contributed by atoms with E-state index in [1.54, 1.807) is 0 Å². The Labute approximate surface area is 319 Å². The highest BCUT2D eigenvalue weighted by Gasteiger charge is 2.46. The molecule has 0 amide bonds. The molecule has 300 valence electrons. The first-order valence-electron chi connectivity index (χ1n) is 19.5. The molecular weight excluding hydrogens is 728 g/mol. The van der Waals surface area contributed by atoms with Gasteiger partial charge in [-0.1, -0.05) is 104 Å². The number of aliphatic hydroxyl groups is 2. The van der Waals surface area contributed by atoms with Crippen LogP contribution in [0.3, 0.4) is 0 Å². The normalized spacial score (nSPS) is 21.4. The molecule has 3 unspecified atom stereocenters. The Hall–Kier alpha value is -1.00. The molecule has 3 N–H and O–H groups in total. The third kappa shape index (κ3) is 16.4. The van der Waals surface area contributed by atoms with Crippen LogP contribution in [0.25, 0.3) is 11.2 Å². The average molecular weight is 793 g/mol. The Balaban J connectivity index is 1.33. The van der Waals surface area contributed by atoms with Gasteiger partial charge in [-0.05, 0) is 38.2 Å². The number of ether oxygens (including phenoxy) is 2. The van der Waals surface area contributed by atoms with E-state index in [0.717, 1.165) is 12.2 Å². The predicted octanol–water partition coefficient (Wildman–Crippen LogP) is 7.74. The van der Waals surface area contributed by atoms with Gasteiger partial charge < -0.3 is 29.4 Å². The summed E-state index contributed by atoms with van der Waals surface area (Å²) in [4.78, 5) is 28.5. The first-order valence-corrected chi connectivity index (χ1v) is 23.2. The van der Waals surface area contributed by atoms with E-state index in [1.807, 2.05) is 18.0 Å². The summed E-state index contributed by atoms with van der Waals surface area (Å²) < 4.78 is 35.9. The summed E-state index contributed by atoms with van der Waals surface area (Å²) in [5.74, 6) is 1.15. The van der Waals surface area contributed by atoms with E-state index in [-0.39, 0.29) is 12.7 Å². The molecule has 13 nitrogen and oxygen atoms in total. The first-order chi connectivity index (χ1) is 25.2. The van der Waals surface area contributed by atoms with E-state index in [9.17, 15) is 19.7 Å². The van der Waals surface area contributed by atoms with Crippen LogP contribution in [0.5, 0.6) is 0 Å². The van der Waals surface area contributed by atoms with Crippen LogP contribution < -0.4 is 4.84 Å². The summed E-state index contributed by atoms with van der Waals surface area (Å²) in [7, 11) is -4.46. The quantitative estimate of drug-likeness (QED) is 0.0294. The van der Waals surface area contributed by atoms with E-state index < -0.39 is 39.0 Å². The number of rotatable bonds is 31. The molecule has 1 saturated heterocycles.